The molecule has 4 nitrogen and oxygen atoms in total. The summed E-state index contributed by atoms with van der Waals surface area (Å²) >= 11 is 0. The number of methoxy groups -OCH3 is 1. The Labute approximate surface area is 191 Å². The summed E-state index contributed by atoms with van der Waals surface area (Å²) in [4.78, 5) is 2.83. The average molecular weight is 431 g/mol. The molecule has 4 atom stereocenters. The molecule has 0 amide bonds. The number of anilines is 1. The molecule has 0 radical (unpaired) electrons. The molecule has 5 fully saturated rings. The Bertz CT molecular complexity index is 1020. The van der Waals surface area contributed by atoms with Crippen LogP contribution in [0.2, 0.25) is 0 Å². The normalized spacial score (nSPS) is 37.5. The topological polar surface area (TPSA) is 33.7 Å². The van der Waals surface area contributed by atoms with Crippen LogP contribution < -0.4 is 10.1 Å². The van der Waals surface area contributed by atoms with Crippen molar-refractivity contribution in [1.29, 1.82) is 0 Å². The summed E-state index contributed by atoms with van der Waals surface area (Å²) in [6.45, 7) is 3.28. The molecule has 3 saturated heterocycles. The summed E-state index contributed by atoms with van der Waals surface area (Å²) in [6, 6.07) is 18.1. The minimum Gasteiger partial charge on any atom is -0.497 e. The smallest absolute Gasteiger partial charge is 0.119 e. The lowest BCUT2D eigenvalue weighted by atomic mass is 9.45. The molecule has 1 N–H and O–H groups in total. The minimum atomic E-state index is -0.0559. The molecule has 4 heteroatoms. The fourth-order valence-corrected chi connectivity index (χ4v) is 7.83. The highest BCUT2D eigenvalue weighted by Crippen LogP contribution is 2.65. The van der Waals surface area contributed by atoms with Gasteiger partial charge in [0, 0.05) is 23.7 Å². The van der Waals surface area contributed by atoms with Crippen molar-refractivity contribution in [3.63, 3.8) is 0 Å². The highest BCUT2D eigenvalue weighted by Gasteiger charge is 2.71. The maximum Gasteiger partial charge on any atom is 0.119 e. The first-order valence-electron chi connectivity index (χ1n) is 12.5. The van der Waals surface area contributed by atoms with E-state index >= 15 is 0 Å². The lowest BCUT2D eigenvalue weighted by Crippen LogP contribution is -2.80. The third-order valence-electron chi connectivity index (χ3n) is 9.45. The standard InChI is InChI=1S/C28H34N2O2/c1-31-23-10-9-21-15-25-28-12-11-26(19-32-28,29-22-5-3-2-4-6-22)18-27(28,24(21)16-23)13-14-30(25)17-20-7-8-20/h2-6,9-10,16,20,25,29H,7-8,11-15,17-19H2,1H3/t25-,26+,27-,28-/m1/s1. The Hall–Kier alpha value is -2.04. The summed E-state index contributed by atoms with van der Waals surface area (Å²) in [7, 11) is 1.79. The number of piperidine rings is 1. The molecule has 4 bridgehead atoms. The van der Waals surface area contributed by atoms with Crippen molar-refractivity contribution in [3.05, 3.63) is 59.7 Å². The molecule has 32 heavy (non-hydrogen) atoms. The van der Waals surface area contributed by atoms with Crippen LogP contribution in [0.5, 0.6) is 5.75 Å². The molecule has 0 unspecified atom stereocenters. The third-order valence-corrected chi connectivity index (χ3v) is 9.45. The molecule has 2 aromatic carbocycles. The number of ether oxygens (including phenoxy) is 2. The summed E-state index contributed by atoms with van der Waals surface area (Å²) in [6.07, 6.45) is 8.64. The van der Waals surface area contributed by atoms with Gasteiger partial charge in [0.2, 0.25) is 0 Å². The predicted octanol–water partition coefficient (Wildman–Crippen LogP) is 4.78. The maximum atomic E-state index is 7.12. The molecule has 0 aromatic heterocycles. The number of benzene rings is 2. The van der Waals surface area contributed by atoms with Crippen LogP contribution in [-0.2, 0) is 16.6 Å². The molecule has 6 aliphatic rings. The fraction of sp³-hybridized carbons (Fsp3) is 0.571. The zero-order valence-electron chi connectivity index (χ0n) is 19.1. The van der Waals surface area contributed by atoms with Gasteiger partial charge >= 0.3 is 0 Å². The molecule has 8 rings (SSSR count). The van der Waals surface area contributed by atoms with Crippen LogP contribution in [0.1, 0.15) is 49.7 Å². The number of hydrogen-bond donors (Lipinski definition) is 1. The summed E-state index contributed by atoms with van der Waals surface area (Å²) < 4.78 is 12.8. The average Bonchev–Trinajstić information content (AvgIpc) is 3.65. The quantitative estimate of drug-likeness (QED) is 0.740. The van der Waals surface area contributed by atoms with Crippen molar-refractivity contribution < 1.29 is 9.47 Å². The first-order chi connectivity index (χ1) is 15.7. The highest BCUT2D eigenvalue weighted by molar-refractivity contribution is 5.53. The second-order valence-corrected chi connectivity index (χ2v) is 11.1. The van der Waals surface area contributed by atoms with Crippen LogP contribution in [0.25, 0.3) is 0 Å². The molecule has 3 aliphatic heterocycles. The van der Waals surface area contributed by atoms with Crippen LogP contribution in [-0.4, -0.2) is 48.9 Å². The van der Waals surface area contributed by atoms with E-state index in [4.69, 9.17) is 9.47 Å². The van der Waals surface area contributed by atoms with Gasteiger partial charge in [-0.2, -0.15) is 0 Å². The number of fused-ring (bicyclic) bond motifs is 3. The second-order valence-electron chi connectivity index (χ2n) is 11.1. The molecular weight excluding hydrogens is 396 g/mol. The van der Waals surface area contributed by atoms with Crippen molar-refractivity contribution in [2.75, 3.05) is 32.1 Å². The van der Waals surface area contributed by atoms with Crippen molar-refractivity contribution in [1.82, 2.24) is 4.90 Å². The predicted molar refractivity (Wildman–Crippen MR) is 126 cm³/mol. The molecule has 2 aromatic rings. The Morgan fingerprint density at radius 1 is 1.09 bits per heavy atom. The third kappa shape index (κ3) is 2.63. The highest BCUT2D eigenvalue weighted by atomic mass is 16.5. The van der Waals surface area contributed by atoms with Gasteiger partial charge in [-0.3, -0.25) is 4.90 Å². The summed E-state index contributed by atoms with van der Waals surface area (Å²) in [5, 5.41) is 3.95. The number of para-hydroxylation sites is 1. The molecule has 2 saturated carbocycles. The van der Waals surface area contributed by atoms with Crippen molar-refractivity contribution in [2.24, 2.45) is 5.92 Å². The van der Waals surface area contributed by atoms with E-state index in [1.165, 1.54) is 55.6 Å². The van der Waals surface area contributed by atoms with Crippen molar-refractivity contribution >= 4 is 5.69 Å². The van der Waals surface area contributed by atoms with Gasteiger partial charge in [0.1, 0.15) is 5.75 Å². The molecular formula is C28H34N2O2. The van der Waals surface area contributed by atoms with Crippen molar-refractivity contribution in [3.8, 4) is 5.75 Å². The first-order valence-corrected chi connectivity index (χ1v) is 12.5. The number of nitrogens with one attached hydrogen (secondary N) is 1. The van der Waals surface area contributed by atoms with Gasteiger partial charge < -0.3 is 14.8 Å². The molecule has 3 aliphatic carbocycles. The van der Waals surface area contributed by atoms with Gasteiger partial charge in [0.25, 0.3) is 0 Å². The van der Waals surface area contributed by atoms with E-state index in [0.29, 0.717) is 6.04 Å². The van der Waals surface area contributed by atoms with Crippen LogP contribution in [0.3, 0.4) is 0 Å². The van der Waals surface area contributed by atoms with Crippen LogP contribution in [0.4, 0.5) is 5.69 Å². The van der Waals surface area contributed by atoms with E-state index in [1.807, 2.05) is 0 Å². The van der Waals surface area contributed by atoms with Crippen LogP contribution in [0.15, 0.2) is 48.5 Å². The lowest BCUT2D eigenvalue weighted by Gasteiger charge is -2.72. The maximum absolute atomic E-state index is 7.12. The van der Waals surface area contributed by atoms with Gasteiger partial charge in [-0.15, -0.1) is 0 Å². The molecule has 168 valence electrons. The van der Waals surface area contributed by atoms with Gasteiger partial charge in [0.05, 0.1) is 24.9 Å². The molecule has 1 spiro atoms. The first kappa shape index (κ1) is 19.4. The Balaban J connectivity index is 1.34. The van der Waals surface area contributed by atoms with E-state index in [-0.39, 0.29) is 16.6 Å². The Morgan fingerprint density at radius 2 is 1.97 bits per heavy atom. The fourth-order valence-electron chi connectivity index (χ4n) is 7.83. The summed E-state index contributed by atoms with van der Waals surface area (Å²) in [5.41, 5.74) is 4.26. The zero-order valence-corrected chi connectivity index (χ0v) is 19.1. The Morgan fingerprint density at radius 3 is 2.72 bits per heavy atom. The van der Waals surface area contributed by atoms with Crippen LogP contribution >= 0.6 is 0 Å². The van der Waals surface area contributed by atoms with Crippen molar-refractivity contribution in [2.45, 2.75) is 67.5 Å². The van der Waals surface area contributed by atoms with Gasteiger partial charge in [-0.25, -0.2) is 0 Å². The number of nitrogens with zero attached hydrogens (tertiary/aromatic N) is 1. The largest absolute Gasteiger partial charge is 0.497 e. The zero-order chi connectivity index (χ0) is 21.4. The van der Waals surface area contributed by atoms with E-state index in [1.54, 1.807) is 7.11 Å². The monoisotopic (exact) mass is 430 g/mol. The summed E-state index contributed by atoms with van der Waals surface area (Å²) in [5.74, 6) is 1.90. The minimum absolute atomic E-state index is 0.00397. The van der Waals surface area contributed by atoms with Gasteiger partial charge in [0.15, 0.2) is 0 Å². The SMILES string of the molecule is COc1ccc2c(c1)[C@]13CCN(CC4CC4)[C@H](C2)[C@]12CC[C@@](Nc1ccccc1)(CO2)C3. The van der Waals surface area contributed by atoms with E-state index in [0.717, 1.165) is 37.5 Å². The number of hydrogen-bond acceptors (Lipinski definition) is 4. The van der Waals surface area contributed by atoms with Crippen LogP contribution in [0, 0.1) is 5.92 Å². The molecule has 3 heterocycles. The van der Waals surface area contributed by atoms with Gasteiger partial charge in [-0.05, 0) is 92.8 Å². The van der Waals surface area contributed by atoms with E-state index < -0.39 is 0 Å². The number of likely N-dealkylation sites (tertiary alicyclic amines) is 1. The Kier molecular flexibility index (Phi) is 4.09. The van der Waals surface area contributed by atoms with E-state index in [9.17, 15) is 0 Å². The number of rotatable bonds is 5. The van der Waals surface area contributed by atoms with E-state index in [2.05, 4.69) is 58.7 Å². The van der Waals surface area contributed by atoms with Gasteiger partial charge in [-0.1, -0.05) is 24.3 Å². The lowest BCUT2D eigenvalue weighted by molar-refractivity contribution is -0.254. The second kappa shape index (κ2) is 6.74.